The Bertz CT molecular complexity index is 1380. The van der Waals surface area contributed by atoms with Crippen LogP contribution in [0.5, 0.6) is 0 Å². The molecule has 0 fully saturated rings. The van der Waals surface area contributed by atoms with Crippen LogP contribution in [0.3, 0.4) is 0 Å². The molecule has 4 rings (SSSR count). The zero-order valence-corrected chi connectivity index (χ0v) is 17.1. The summed E-state index contributed by atoms with van der Waals surface area (Å²) in [6.45, 7) is 0. The Labute approximate surface area is 177 Å². The molecule has 30 heavy (non-hydrogen) atoms. The third-order valence-electron chi connectivity index (χ3n) is 4.93. The van der Waals surface area contributed by atoms with E-state index in [0.29, 0.717) is 22.6 Å². The molecule has 0 atom stereocenters. The predicted molar refractivity (Wildman–Crippen MR) is 121 cm³/mol. The number of thiocarbonyl (C=S) groups is 1. The first-order chi connectivity index (χ1) is 14.5. The number of aliphatic imine (C=N–C) groups is 1. The molecule has 1 aliphatic carbocycles. The number of isothiocyanates is 1. The highest BCUT2D eigenvalue weighted by Gasteiger charge is 2.22. The monoisotopic (exact) mass is 415 g/mol. The highest BCUT2D eigenvalue weighted by atomic mass is 32.1. The summed E-state index contributed by atoms with van der Waals surface area (Å²) in [5.41, 5.74) is 4.24. The van der Waals surface area contributed by atoms with Crippen LogP contribution in [0.4, 0.5) is 11.4 Å². The van der Waals surface area contributed by atoms with Crippen molar-refractivity contribution in [1.29, 1.82) is 0 Å². The van der Waals surface area contributed by atoms with Crippen molar-refractivity contribution in [2.75, 3.05) is 19.4 Å². The van der Waals surface area contributed by atoms with E-state index in [1.807, 2.05) is 43.4 Å². The van der Waals surface area contributed by atoms with Crippen LogP contribution in [-0.4, -0.2) is 30.3 Å². The predicted octanol–water partition coefficient (Wildman–Crippen LogP) is 5.21. The summed E-state index contributed by atoms with van der Waals surface area (Å²) in [7, 11) is 3.53. The molecule has 1 aliphatic heterocycles. The average molecular weight is 415 g/mol. The van der Waals surface area contributed by atoms with Crippen LogP contribution in [0.2, 0.25) is 0 Å². The smallest absolute Gasteiger partial charge is 0.336 e. The molecule has 2 N–H and O–H groups in total. The first-order valence-electron chi connectivity index (χ1n) is 9.12. The van der Waals surface area contributed by atoms with Crippen molar-refractivity contribution in [3.8, 4) is 22.5 Å². The summed E-state index contributed by atoms with van der Waals surface area (Å²) in [5.74, 6) is -0.425. The standard InChI is InChI=1S/C23H17N3O3S/c1-24-13-3-7-17-20(10-13)29-21-11-14(25-2)4-8-18(21)22(17)19-9-15(26-12-30)5-6-16(19)23(27)28/h3-11,24H,1-2H3,(H,27,28). The summed E-state index contributed by atoms with van der Waals surface area (Å²) < 4.78 is 6.17. The minimum atomic E-state index is -1.03. The number of carboxylic acids is 1. The lowest BCUT2D eigenvalue weighted by atomic mass is 9.90. The fourth-order valence-electron chi connectivity index (χ4n) is 3.51. The van der Waals surface area contributed by atoms with Gasteiger partial charge >= 0.3 is 5.97 Å². The molecule has 0 bridgehead atoms. The second kappa shape index (κ2) is 7.91. The summed E-state index contributed by atoms with van der Waals surface area (Å²) in [6.07, 6.45) is 0. The van der Waals surface area contributed by atoms with Crippen molar-refractivity contribution < 1.29 is 14.3 Å². The van der Waals surface area contributed by atoms with Gasteiger partial charge in [-0.1, -0.05) is 0 Å². The second-order valence-corrected chi connectivity index (χ2v) is 6.76. The molecular formula is C23H17N3O3S. The summed E-state index contributed by atoms with van der Waals surface area (Å²) >= 11 is 4.72. The van der Waals surface area contributed by atoms with Crippen molar-refractivity contribution in [2.45, 2.75) is 0 Å². The van der Waals surface area contributed by atoms with Crippen LogP contribution < -0.4 is 10.7 Å². The van der Waals surface area contributed by atoms with Crippen LogP contribution in [0.1, 0.15) is 10.4 Å². The van der Waals surface area contributed by atoms with E-state index in [4.69, 9.17) is 16.6 Å². The van der Waals surface area contributed by atoms with E-state index in [0.717, 1.165) is 27.6 Å². The Balaban J connectivity index is 2.20. The van der Waals surface area contributed by atoms with Gasteiger partial charge in [0.05, 0.1) is 21.8 Å². The number of nitrogens with zero attached hydrogens (tertiary/aromatic N) is 2. The number of hydrogen-bond donors (Lipinski definition) is 2. The highest BCUT2D eigenvalue weighted by molar-refractivity contribution is 7.78. The maximum atomic E-state index is 12.0. The number of carbonyl (C=O) groups is 1. The van der Waals surface area contributed by atoms with E-state index in [2.05, 4.69) is 20.5 Å². The van der Waals surface area contributed by atoms with Crippen molar-refractivity contribution in [3.05, 3.63) is 65.5 Å². The Morgan fingerprint density at radius 2 is 1.93 bits per heavy atom. The number of rotatable bonds is 4. The summed E-state index contributed by atoms with van der Waals surface area (Å²) in [5, 5.41) is 16.8. The first kappa shape index (κ1) is 19.5. The molecule has 1 heterocycles. The first-order valence-corrected chi connectivity index (χ1v) is 9.53. The van der Waals surface area contributed by atoms with E-state index in [9.17, 15) is 9.90 Å². The SMILES string of the molecule is CN=c1ccc2c(-c3cc(N=C=S)ccc3C(=O)O)c3ccc(NC)cc3oc-2c1. The topological polar surface area (TPSA) is 87.2 Å². The number of anilines is 1. The van der Waals surface area contributed by atoms with Crippen LogP contribution >= 0.6 is 12.2 Å². The van der Waals surface area contributed by atoms with Crippen LogP contribution in [-0.2, 0) is 0 Å². The normalized spacial score (nSPS) is 11.5. The summed E-state index contributed by atoms with van der Waals surface area (Å²) in [4.78, 5) is 20.3. The number of fused-ring (bicyclic) bond motifs is 2. The molecule has 2 aromatic carbocycles. The van der Waals surface area contributed by atoms with Gasteiger partial charge in [0.15, 0.2) is 0 Å². The number of benzene rings is 3. The third-order valence-corrected chi connectivity index (χ3v) is 5.02. The third kappa shape index (κ3) is 3.37. The van der Waals surface area contributed by atoms with Gasteiger partial charge < -0.3 is 14.8 Å². The van der Waals surface area contributed by atoms with Gasteiger partial charge in [-0.15, -0.1) is 0 Å². The van der Waals surface area contributed by atoms with Crippen molar-refractivity contribution in [3.63, 3.8) is 0 Å². The zero-order chi connectivity index (χ0) is 21.3. The lowest BCUT2D eigenvalue weighted by Gasteiger charge is -2.17. The number of nitrogens with one attached hydrogen (secondary N) is 1. The van der Waals surface area contributed by atoms with Crippen molar-refractivity contribution >= 4 is 45.7 Å². The van der Waals surface area contributed by atoms with Gasteiger partial charge in [-0.2, -0.15) is 4.99 Å². The van der Waals surface area contributed by atoms with Gasteiger partial charge in [0.1, 0.15) is 11.3 Å². The highest BCUT2D eigenvalue weighted by Crippen LogP contribution is 2.42. The molecule has 0 amide bonds. The van der Waals surface area contributed by atoms with Crippen LogP contribution in [0.15, 0.2) is 69.0 Å². The molecule has 2 aliphatic rings. The van der Waals surface area contributed by atoms with Gasteiger partial charge in [0, 0.05) is 48.4 Å². The molecular weight excluding hydrogens is 398 g/mol. The van der Waals surface area contributed by atoms with Crippen LogP contribution in [0, 0.1) is 0 Å². The Morgan fingerprint density at radius 1 is 1.10 bits per heavy atom. The molecule has 0 saturated carbocycles. The quantitative estimate of drug-likeness (QED) is 0.271. The van der Waals surface area contributed by atoms with Gasteiger partial charge in [0.2, 0.25) is 0 Å². The molecule has 0 aromatic heterocycles. The van der Waals surface area contributed by atoms with E-state index in [1.165, 1.54) is 6.07 Å². The number of hydrogen-bond acceptors (Lipinski definition) is 6. The Kier molecular flexibility index (Phi) is 5.14. The van der Waals surface area contributed by atoms with E-state index in [1.54, 1.807) is 19.2 Å². The molecule has 6 nitrogen and oxygen atoms in total. The maximum absolute atomic E-state index is 12.0. The minimum absolute atomic E-state index is 0.161. The van der Waals surface area contributed by atoms with Gasteiger partial charge in [0.25, 0.3) is 0 Å². The lowest BCUT2D eigenvalue weighted by Crippen LogP contribution is -2.04. The largest absolute Gasteiger partial charge is 0.478 e. The molecule has 7 heteroatoms. The number of carboxylic acid groups (broad SMARTS) is 1. The molecule has 0 spiro atoms. The fraction of sp³-hybridized carbons (Fsp3) is 0.0870. The Hall–Kier alpha value is -3.80. The molecule has 0 unspecified atom stereocenters. The van der Waals surface area contributed by atoms with Gasteiger partial charge in [-0.05, 0) is 60.2 Å². The molecule has 0 radical (unpaired) electrons. The minimum Gasteiger partial charge on any atom is -0.478 e. The van der Waals surface area contributed by atoms with E-state index < -0.39 is 5.97 Å². The lowest BCUT2D eigenvalue weighted by molar-refractivity contribution is 0.0698. The van der Waals surface area contributed by atoms with E-state index in [-0.39, 0.29) is 5.56 Å². The van der Waals surface area contributed by atoms with Gasteiger partial charge in [-0.3, -0.25) is 4.99 Å². The van der Waals surface area contributed by atoms with Crippen molar-refractivity contribution in [2.24, 2.45) is 9.98 Å². The fourth-order valence-corrected chi connectivity index (χ4v) is 3.62. The number of aromatic carboxylic acids is 1. The summed E-state index contributed by atoms with van der Waals surface area (Å²) in [6, 6.07) is 16.2. The maximum Gasteiger partial charge on any atom is 0.336 e. The Morgan fingerprint density at radius 3 is 2.63 bits per heavy atom. The molecule has 0 saturated heterocycles. The molecule has 148 valence electrons. The second-order valence-electron chi connectivity index (χ2n) is 6.58. The zero-order valence-electron chi connectivity index (χ0n) is 16.3. The molecule has 2 aromatic rings. The van der Waals surface area contributed by atoms with Crippen molar-refractivity contribution in [1.82, 2.24) is 0 Å². The average Bonchev–Trinajstić information content (AvgIpc) is 2.76. The van der Waals surface area contributed by atoms with Crippen LogP contribution in [0.25, 0.3) is 33.4 Å². The van der Waals surface area contributed by atoms with E-state index >= 15 is 0 Å². The van der Waals surface area contributed by atoms with Gasteiger partial charge in [-0.25, -0.2) is 4.79 Å².